The summed E-state index contributed by atoms with van der Waals surface area (Å²) in [5, 5.41) is 7.02. The van der Waals surface area contributed by atoms with Gasteiger partial charge in [-0.05, 0) is 43.9 Å². The van der Waals surface area contributed by atoms with Crippen LogP contribution in [0.4, 0.5) is 5.69 Å². The summed E-state index contributed by atoms with van der Waals surface area (Å²) in [7, 11) is 0. The highest BCUT2D eigenvalue weighted by molar-refractivity contribution is 5.80. The predicted molar refractivity (Wildman–Crippen MR) is 121 cm³/mol. The smallest absolute Gasteiger partial charge is 0.223 e. The van der Waals surface area contributed by atoms with Crippen LogP contribution in [-0.2, 0) is 4.79 Å². The Morgan fingerprint density at radius 3 is 2.68 bits per heavy atom. The normalized spacial score (nSPS) is 29.5. The van der Waals surface area contributed by atoms with Gasteiger partial charge in [-0.1, -0.05) is 6.92 Å². The summed E-state index contributed by atoms with van der Waals surface area (Å²) in [5.74, 6) is 1.84. The van der Waals surface area contributed by atoms with Gasteiger partial charge in [0.05, 0.1) is 11.9 Å². The molecule has 3 fully saturated rings. The second-order valence-corrected chi connectivity index (χ2v) is 9.20. The van der Waals surface area contributed by atoms with E-state index in [-0.39, 0.29) is 11.8 Å². The number of H-pyrrole nitrogens is 1. The first-order chi connectivity index (χ1) is 15.2. The van der Waals surface area contributed by atoms with Crippen LogP contribution in [0.5, 0.6) is 0 Å². The summed E-state index contributed by atoms with van der Waals surface area (Å²) < 4.78 is 0. The van der Waals surface area contributed by atoms with Gasteiger partial charge in [0.15, 0.2) is 5.82 Å². The molecule has 0 radical (unpaired) electrons. The fraction of sp³-hybridized carbons (Fsp3) is 0.609. The first-order valence-electron chi connectivity index (χ1n) is 11.7. The number of nitrogens with zero attached hydrogens (tertiary/aromatic N) is 4. The van der Waals surface area contributed by atoms with Crippen molar-refractivity contribution in [3.8, 4) is 11.5 Å². The van der Waals surface area contributed by atoms with Crippen molar-refractivity contribution in [1.29, 1.82) is 0 Å². The third kappa shape index (κ3) is 4.45. The topological polar surface area (TPSA) is 89.2 Å². The van der Waals surface area contributed by atoms with Gasteiger partial charge in [0.25, 0.3) is 0 Å². The number of rotatable bonds is 5. The number of amides is 1. The maximum Gasteiger partial charge on any atom is 0.223 e. The number of hydrogen-bond donors (Lipinski definition) is 3. The molecule has 4 unspecified atom stereocenters. The van der Waals surface area contributed by atoms with E-state index in [4.69, 9.17) is 0 Å². The SMILES string of the molecule is CCC1CC2NCC(CN3CCN(c4ccc(-c5ncc[nH]5)nc4)CC3)CC2NC1=O. The van der Waals surface area contributed by atoms with E-state index in [2.05, 4.69) is 48.4 Å². The first-order valence-corrected chi connectivity index (χ1v) is 11.7. The Labute approximate surface area is 183 Å². The number of piperazine rings is 1. The molecule has 3 N–H and O–H groups in total. The molecular weight excluding hydrogens is 390 g/mol. The zero-order chi connectivity index (χ0) is 21.2. The molecule has 0 aliphatic carbocycles. The van der Waals surface area contributed by atoms with Gasteiger partial charge in [0.1, 0.15) is 5.69 Å². The molecule has 5 rings (SSSR count). The van der Waals surface area contributed by atoms with E-state index in [9.17, 15) is 4.79 Å². The van der Waals surface area contributed by atoms with Crippen molar-refractivity contribution in [2.45, 2.75) is 38.3 Å². The molecule has 2 aromatic rings. The van der Waals surface area contributed by atoms with E-state index in [1.165, 1.54) is 5.69 Å². The predicted octanol–water partition coefficient (Wildman–Crippen LogP) is 1.49. The lowest BCUT2D eigenvalue weighted by Gasteiger charge is -2.44. The number of aromatic amines is 1. The van der Waals surface area contributed by atoms with Crippen molar-refractivity contribution in [3.05, 3.63) is 30.7 Å². The number of nitrogens with one attached hydrogen (secondary N) is 3. The van der Waals surface area contributed by atoms with Crippen molar-refractivity contribution in [3.63, 3.8) is 0 Å². The number of carbonyl (C=O) groups is 1. The number of pyridine rings is 1. The third-order valence-electron chi connectivity index (χ3n) is 7.21. The van der Waals surface area contributed by atoms with Gasteiger partial charge in [0.2, 0.25) is 5.91 Å². The summed E-state index contributed by atoms with van der Waals surface area (Å²) in [6.45, 7) is 8.44. The van der Waals surface area contributed by atoms with Crippen LogP contribution in [0.15, 0.2) is 30.7 Å². The van der Waals surface area contributed by atoms with Crippen LogP contribution in [0.2, 0.25) is 0 Å². The molecule has 0 spiro atoms. The molecule has 166 valence electrons. The summed E-state index contributed by atoms with van der Waals surface area (Å²) in [6, 6.07) is 4.93. The van der Waals surface area contributed by atoms with E-state index in [0.717, 1.165) is 70.0 Å². The van der Waals surface area contributed by atoms with Gasteiger partial charge in [0, 0.05) is 63.1 Å². The molecule has 0 aromatic carbocycles. The van der Waals surface area contributed by atoms with Gasteiger partial charge < -0.3 is 20.5 Å². The Balaban J connectivity index is 1.10. The Morgan fingerprint density at radius 1 is 1.10 bits per heavy atom. The molecule has 0 saturated carbocycles. The average molecular weight is 424 g/mol. The van der Waals surface area contributed by atoms with Crippen molar-refractivity contribution in [1.82, 2.24) is 30.5 Å². The molecule has 3 aliphatic rings. The van der Waals surface area contributed by atoms with Crippen LogP contribution in [0.1, 0.15) is 26.2 Å². The van der Waals surface area contributed by atoms with Crippen LogP contribution in [0.25, 0.3) is 11.5 Å². The van der Waals surface area contributed by atoms with Gasteiger partial charge in [-0.25, -0.2) is 4.98 Å². The molecule has 0 bridgehead atoms. The van der Waals surface area contributed by atoms with E-state index < -0.39 is 0 Å². The Hall–Kier alpha value is -2.45. The quantitative estimate of drug-likeness (QED) is 0.675. The molecular formula is C23H33N7O. The highest BCUT2D eigenvalue weighted by Gasteiger charge is 2.39. The molecule has 8 nitrogen and oxygen atoms in total. The van der Waals surface area contributed by atoms with Gasteiger partial charge in [-0.3, -0.25) is 14.7 Å². The maximum absolute atomic E-state index is 12.3. The van der Waals surface area contributed by atoms with E-state index in [1.807, 2.05) is 18.5 Å². The van der Waals surface area contributed by atoms with Crippen LogP contribution < -0.4 is 15.5 Å². The Kier molecular flexibility index (Phi) is 5.91. The first kappa shape index (κ1) is 20.5. The summed E-state index contributed by atoms with van der Waals surface area (Å²) in [6.07, 6.45) is 8.54. The van der Waals surface area contributed by atoms with Crippen LogP contribution in [-0.4, -0.2) is 77.1 Å². The highest BCUT2D eigenvalue weighted by Crippen LogP contribution is 2.27. The molecule has 1 amide bonds. The van der Waals surface area contributed by atoms with Crippen molar-refractivity contribution in [2.24, 2.45) is 11.8 Å². The molecule has 3 saturated heterocycles. The molecule has 5 heterocycles. The third-order valence-corrected chi connectivity index (χ3v) is 7.21. The van der Waals surface area contributed by atoms with Crippen molar-refractivity contribution in [2.75, 3.05) is 44.2 Å². The van der Waals surface area contributed by atoms with Crippen molar-refractivity contribution < 1.29 is 4.79 Å². The minimum Gasteiger partial charge on any atom is -0.368 e. The van der Waals surface area contributed by atoms with E-state index >= 15 is 0 Å². The van der Waals surface area contributed by atoms with Crippen molar-refractivity contribution >= 4 is 11.6 Å². The zero-order valence-electron chi connectivity index (χ0n) is 18.3. The standard InChI is InChI=1S/C23H33N7O/c1-2-17-12-20-21(28-23(17)31)11-16(13-26-20)15-29-7-9-30(10-8-29)18-3-4-19(27-14-18)22-24-5-6-25-22/h3-6,14,16-17,20-21,26H,2,7-13,15H2,1H3,(H,24,25)(H,28,31). The fourth-order valence-electron chi connectivity index (χ4n) is 5.35. The number of aromatic nitrogens is 3. The summed E-state index contributed by atoms with van der Waals surface area (Å²) in [5.41, 5.74) is 2.04. The van der Waals surface area contributed by atoms with Crippen LogP contribution >= 0.6 is 0 Å². The highest BCUT2D eigenvalue weighted by atomic mass is 16.2. The zero-order valence-corrected chi connectivity index (χ0v) is 18.3. The van der Waals surface area contributed by atoms with E-state index in [1.54, 1.807) is 6.20 Å². The number of anilines is 1. The lowest BCUT2D eigenvalue weighted by Crippen LogP contribution is -2.62. The average Bonchev–Trinajstić information content (AvgIpc) is 3.34. The molecule has 31 heavy (non-hydrogen) atoms. The molecule has 2 aromatic heterocycles. The second-order valence-electron chi connectivity index (χ2n) is 9.20. The van der Waals surface area contributed by atoms with Gasteiger partial charge in [-0.15, -0.1) is 0 Å². The van der Waals surface area contributed by atoms with E-state index in [0.29, 0.717) is 18.0 Å². The number of imidazole rings is 1. The minimum absolute atomic E-state index is 0.181. The Morgan fingerprint density at radius 2 is 1.97 bits per heavy atom. The summed E-state index contributed by atoms with van der Waals surface area (Å²) in [4.78, 5) is 29.2. The Bertz CT molecular complexity index is 861. The molecule has 4 atom stereocenters. The number of piperidine rings is 2. The van der Waals surface area contributed by atoms with Gasteiger partial charge >= 0.3 is 0 Å². The monoisotopic (exact) mass is 423 g/mol. The molecule has 3 aliphatic heterocycles. The maximum atomic E-state index is 12.3. The number of fused-ring (bicyclic) bond motifs is 1. The van der Waals surface area contributed by atoms with Crippen LogP contribution in [0.3, 0.4) is 0 Å². The largest absolute Gasteiger partial charge is 0.368 e. The fourth-order valence-corrected chi connectivity index (χ4v) is 5.35. The number of carbonyl (C=O) groups excluding carboxylic acids is 1. The lowest BCUT2D eigenvalue weighted by atomic mass is 9.80. The summed E-state index contributed by atoms with van der Waals surface area (Å²) >= 11 is 0. The van der Waals surface area contributed by atoms with Gasteiger partial charge in [-0.2, -0.15) is 0 Å². The second kappa shape index (κ2) is 8.96. The molecule has 8 heteroatoms. The minimum atomic E-state index is 0.181. The lowest BCUT2D eigenvalue weighted by molar-refractivity contribution is -0.129. The van der Waals surface area contributed by atoms with Crippen LogP contribution in [0, 0.1) is 11.8 Å². The number of hydrogen-bond acceptors (Lipinski definition) is 6.